The second kappa shape index (κ2) is 6.21. The van der Waals surface area contributed by atoms with Crippen LogP contribution in [0.5, 0.6) is 5.75 Å². The van der Waals surface area contributed by atoms with Gasteiger partial charge >= 0.3 is 0 Å². The fraction of sp³-hybridized carbons (Fsp3) is 0.455. The molecule has 1 aromatic rings. The number of ether oxygens (including phenoxy) is 1. The Bertz CT molecular complexity index is 315. The lowest BCUT2D eigenvalue weighted by Crippen LogP contribution is -2.01. The van der Waals surface area contributed by atoms with Crippen LogP contribution in [0.2, 0.25) is 5.02 Å². The highest BCUT2D eigenvalue weighted by atomic mass is 35.5. The lowest BCUT2D eigenvalue weighted by molar-refractivity contribution is 0.162. The van der Waals surface area contributed by atoms with Crippen molar-refractivity contribution in [3.8, 4) is 5.75 Å². The molecule has 0 aliphatic heterocycles. The maximum atomic E-state index is 9.89. The van der Waals surface area contributed by atoms with E-state index >= 15 is 0 Å². The molecule has 2 nitrogen and oxygen atoms in total. The van der Waals surface area contributed by atoms with Crippen molar-refractivity contribution in [3.63, 3.8) is 0 Å². The van der Waals surface area contributed by atoms with Gasteiger partial charge in [-0.1, -0.05) is 11.6 Å². The molecule has 0 aliphatic carbocycles. The number of aliphatic hydroxyl groups excluding tert-OH is 1. The lowest BCUT2D eigenvalue weighted by atomic mass is 10.0. The topological polar surface area (TPSA) is 29.5 Å². The van der Waals surface area contributed by atoms with Gasteiger partial charge in [0, 0.05) is 16.5 Å². The molecule has 0 aliphatic rings. The first kappa shape index (κ1) is 12.6. The Hall–Kier alpha value is -0.440. The maximum Gasteiger partial charge on any atom is 0.124 e. The van der Waals surface area contributed by atoms with Gasteiger partial charge in [0.15, 0.2) is 0 Å². The fourth-order valence-corrected chi connectivity index (χ4v) is 1.73. The van der Waals surface area contributed by atoms with Crippen molar-refractivity contribution in [2.45, 2.75) is 18.9 Å². The zero-order chi connectivity index (χ0) is 11.3. The number of alkyl halides is 1. The van der Waals surface area contributed by atoms with Gasteiger partial charge in [0.1, 0.15) is 5.75 Å². The minimum atomic E-state index is -0.572. The van der Waals surface area contributed by atoms with Gasteiger partial charge < -0.3 is 9.84 Å². The van der Waals surface area contributed by atoms with E-state index in [0.29, 0.717) is 23.1 Å². The van der Waals surface area contributed by atoms with Crippen molar-refractivity contribution in [2.75, 3.05) is 13.0 Å². The minimum Gasteiger partial charge on any atom is -0.496 e. The van der Waals surface area contributed by atoms with Crippen molar-refractivity contribution in [1.82, 2.24) is 0 Å². The first-order valence-electron chi connectivity index (χ1n) is 4.76. The normalized spacial score (nSPS) is 12.5. The summed E-state index contributed by atoms with van der Waals surface area (Å²) in [4.78, 5) is 0. The Morgan fingerprint density at radius 3 is 2.80 bits per heavy atom. The number of benzene rings is 1. The summed E-state index contributed by atoms with van der Waals surface area (Å²) in [5.74, 6) is 1.20. The first-order valence-corrected chi connectivity index (χ1v) is 5.67. The Kier molecular flexibility index (Phi) is 5.23. The molecular formula is C11H14Cl2O2. The van der Waals surface area contributed by atoms with Gasteiger partial charge in [-0.3, -0.25) is 0 Å². The molecule has 0 radical (unpaired) electrons. The summed E-state index contributed by atoms with van der Waals surface area (Å²) in [5.41, 5.74) is 0.718. The van der Waals surface area contributed by atoms with Crippen LogP contribution in [-0.4, -0.2) is 18.1 Å². The smallest absolute Gasteiger partial charge is 0.124 e. The molecule has 0 saturated heterocycles. The third kappa shape index (κ3) is 3.56. The second-order valence-corrected chi connectivity index (χ2v) is 4.05. The monoisotopic (exact) mass is 248 g/mol. The van der Waals surface area contributed by atoms with Crippen LogP contribution in [0.15, 0.2) is 18.2 Å². The molecule has 1 aromatic carbocycles. The molecule has 0 aromatic heterocycles. The van der Waals surface area contributed by atoms with Gasteiger partial charge in [0.25, 0.3) is 0 Å². The van der Waals surface area contributed by atoms with Crippen molar-refractivity contribution in [2.24, 2.45) is 0 Å². The molecule has 0 saturated carbocycles. The quantitative estimate of drug-likeness (QED) is 0.810. The molecule has 0 spiro atoms. The Morgan fingerprint density at radius 2 is 2.20 bits per heavy atom. The summed E-state index contributed by atoms with van der Waals surface area (Å²) in [6, 6.07) is 5.21. The van der Waals surface area contributed by atoms with Gasteiger partial charge in [-0.15, -0.1) is 11.6 Å². The van der Waals surface area contributed by atoms with Crippen LogP contribution < -0.4 is 4.74 Å². The predicted molar refractivity (Wildman–Crippen MR) is 62.9 cm³/mol. The maximum absolute atomic E-state index is 9.89. The van der Waals surface area contributed by atoms with Crippen molar-refractivity contribution in [1.29, 1.82) is 0 Å². The third-order valence-corrected chi connectivity index (χ3v) is 2.66. The van der Waals surface area contributed by atoms with E-state index in [1.54, 1.807) is 25.3 Å². The largest absolute Gasteiger partial charge is 0.496 e. The summed E-state index contributed by atoms with van der Waals surface area (Å²) in [7, 11) is 1.57. The SMILES string of the molecule is COc1ccc(Cl)cc1C(O)CCCCl. The van der Waals surface area contributed by atoms with Crippen LogP contribution in [0.3, 0.4) is 0 Å². The molecule has 0 amide bonds. The van der Waals surface area contributed by atoms with Gasteiger partial charge in [-0.05, 0) is 31.0 Å². The van der Waals surface area contributed by atoms with Crippen LogP contribution in [-0.2, 0) is 0 Å². The van der Waals surface area contributed by atoms with E-state index in [1.807, 2.05) is 0 Å². The Labute approximate surface area is 99.8 Å². The molecule has 15 heavy (non-hydrogen) atoms. The average Bonchev–Trinajstić information content (AvgIpc) is 2.25. The van der Waals surface area contributed by atoms with E-state index in [4.69, 9.17) is 27.9 Å². The number of hydrogen-bond acceptors (Lipinski definition) is 2. The molecule has 1 unspecified atom stereocenters. The van der Waals surface area contributed by atoms with Crippen LogP contribution in [0.1, 0.15) is 24.5 Å². The third-order valence-electron chi connectivity index (χ3n) is 2.16. The van der Waals surface area contributed by atoms with Crippen molar-refractivity contribution >= 4 is 23.2 Å². The van der Waals surface area contributed by atoms with Crippen LogP contribution in [0.4, 0.5) is 0 Å². The molecule has 1 N–H and O–H groups in total. The summed E-state index contributed by atoms with van der Waals surface area (Å²) >= 11 is 11.4. The summed E-state index contributed by atoms with van der Waals surface area (Å²) in [6.45, 7) is 0. The van der Waals surface area contributed by atoms with Crippen molar-refractivity contribution < 1.29 is 9.84 Å². The number of rotatable bonds is 5. The molecule has 0 heterocycles. The van der Waals surface area contributed by atoms with E-state index in [1.165, 1.54) is 0 Å². The average molecular weight is 249 g/mol. The Morgan fingerprint density at radius 1 is 1.47 bits per heavy atom. The second-order valence-electron chi connectivity index (χ2n) is 3.23. The molecule has 84 valence electrons. The van der Waals surface area contributed by atoms with E-state index in [9.17, 15) is 5.11 Å². The summed E-state index contributed by atoms with van der Waals surface area (Å²) in [5, 5.41) is 10.5. The minimum absolute atomic E-state index is 0.542. The molecule has 0 bridgehead atoms. The van der Waals surface area contributed by atoms with Crippen LogP contribution in [0, 0.1) is 0 Å². The highest BCUT2D eigenvalue weighted by molar-refractivity contribution is 6.30. The predicted octanol–water partition coefficient (Wildman–Crippen LogP) is 3.40. The summed E-state index contributed by atoms with van der Waals surface area (Å²) in [6.07, 6.45) is 0.802. The Balaban J connectivity index is 2.85. The lowest BCUT2D eigenvalue weighted by Gasteiger charge is -2.14. The molecule has 1 rings (SSSR count). The number of halogens is 2. The van der Waals surface area contributed by atoms with Gasteiger partial charge in [0.2, 0.25) is 0 Å². The van der Waals surface area contributed by atoms with E-state index in [0.717, 1.165) is 12.0 Å². The van der Waals surface area contributed by atoms with E-state index in [-0.39, 0.29) is 0 Å². The van der Waals surface area contributed by atoms with E-state index < -0.39 is 6.10 Å². The number of methoxy groups -OCH3 is 1. The molecule has 4 heteroatoms. The number of hydrogen-bond donors (Lipinski definition) is 1. The fourth-order valence-electron chi connectivity index (χ4n) is 1.39. The van der Waals surface area contributed by atoms with Gasteiger partial charge in [-0.2, -0.15) is 0 Å². The molecular weight excluding hydrogens is 235 g/mol. The van der Waals surface area contributed by atoms with Crippen molar-refractivity contribution in [3.05, 3.63) is 28.8 Å². The summed E-state index contributed by atoms with van der Waals surface area (Å²) < 4.78 is 5.15. The van der Waals surface area contributed by atoms with Gasteiger partial charge in [0.05, 0.1) is 13.2 Å². The molecule has 1 atom stereocenters. The zero-order valence-electron chi connectivity index (χ0n) is 8.54. The standard InChI is InChI=1S/C11H14Cl2O2/c1-15-11-5-4-8(13)7-9(11)10(14)3-2-6-12/h4-5,7,10,14H,2-3,6H2,1H3. The number of aliphatic hydroxyl groups is 1. The zero-order valence-corrected chi connectivity index (χ0v) is 10.1. The highest BCUT2D eigenvalue weighted by Crippen LogP contribution is 2.30. The molecule has 0 fully saturated rings. The van der Waals surface area contributed by atoms with Crippen LogP contribution >= 0.6 is 23.2 Å². The van der Waals surface area contributed by atoms with Crippen LogP contribution in [0.25, 0.3) is 0 Å². The highest BCUT2D eigenvalue weighted by Gasteiger charge is 2.13. The van der Waals surface area contributed by atoms with Gasteiger partial charge in [-0.25, -0.2) is 0 Å². The first-order chi connectivity index (χ1) is 7.19. The van der Waals surface area contributed by atoms with E-state index in [2.05, 4.69) is 0 Å².